The van der Waals surface area contributed by atoms with E-state index in [0.717, 1.165) is 32.6 Å². The van der Waals surface area contributed by atoms with E-state index in [1.54, 1.807) is 4.90 Å². The molecule has 0 aromatic rings. The molecule has 1 rings (SSSR count). The molecule has 0 radical (unpaired) electrons. The fraction of sp³-hybridized carbons (Fsp3) is 0.900. The molecule has 1 aliphatic heterocycles. The molecule has 1 saturated heterocycles. The highest BCUT2D eigenvalue weighted by molar-refractivity contribution is 5.77. The number of hydrogen-bond donors (Lipinski definition) is 1. The topological polar surface area (TPSA) is 41.6 Å². The standard InChI is InChI=1S/C10H20N2O2/c1-3-12(4-2)10(13)8-14-9-5-6-11-7-9/h9,11H,3-8H2,1-2H3. The molecule has 4 nitrogen and oxygen atoms in total. The quantitative estimate of drug-likeness (QED) is 0.691. The van der Waals surface area contributed by atoms with E-state index in [9.17, 15) is 4.79 Å². The van der Waals surface area contributed by atoms with Crippen LogP contribution in [0.5, 0.6) is 0 Å². The third-order valence-electron chi connectivity index (χ3n) is 2.57. The van der Waals surface area contributed by atoms with Crippen molar-refractivity contribution in [1.82, 2.24) is 10.2 Å². The van der Waals surface area contributed by atoms with Gasteiger partial charge in [0.2, 0.25) is 5.91 Å². The lowest BCUT2D eigenvalue weighted by atomic mass is 10.3. The van der Waals surface area contributed by atoms with Gasteiger partial charge in [-0.25, -0.2) is 0 Å². The van der Waals surface area contributed by atoms with Crippen LogP contribution < -0.4 is 5.32 Å². The van der Waals surface area contributed by atoms with Gasteiger partial charge in [-0.15, -0.1) is 0 Å². The molecule has 0 aromatic heterocycles. The second-order valence-corrected chi connectivity index (χ2v) is 3.49. The van der Waals surface area contributed by atoms with Gasteiger partial charge < -0.3 is 15.0 Å². The number of nitrogens with zero attached hydrogens (tertiary/aromatic N) is 1. The maximum Gasteiger partial charge on any atom is 0.248 e. The third kappa shape index (κ3) is 3.27. The lowest BCUT2D eigenvalue weighted by Crippen LogP contribution is -2.35. The predicted molar refractivity (Wildman–Crippen MR) is 55.2 cm³/mol. The van der Waals surface area contributed by atoms with Crippen molar-refractivity contribution in [3.63, 3.8) is 0 Å². The van der Waals surface area contributed by atoms with Crippen molar-refractivity contribution < 1.29 is 9.53 Å². The van der Waals surface area contributed by atoms with Crippen LogP contribution in [0.25, 0.3) is 0 Å². The Morgan fingerprint density at radius 2 is 2.21 bits per heavy atom. The average Bonchev–Trinajstić information content (AvgIpc) is 2.69. The van der Waals surface area contributed by atoms with Crippen LogP contribution in [0.4, 0.5) is 0 Å². The minimum atomic E-state index is 0.0990. The molecular weight excluding hydrogens is 180 g/mol. The number of amides is 1. The Hall–Kier alpha value is -0.610. The molecule has 1 N–H and O–H groups in total. The molecule has 0 aliphatic carbocycles. The number of likely N-dealkylation sites (N-methyl/N-ethyl adjacent to an activating group) is 1. The van der Waals surface area contributed by atoms with E-state index in [1.165, 1.54) is 0 Å². The number of carbonyl (C=O) groups excluding carboxylic acids is 1. The first-order valence-corrected chi connectivity index (χ1v) is 5.38. The highest BCUT2D eigenvalue weighted by atomic mass is 16.5. The SMILES string of the molecule is CCN(CC)C(=O)COC1CCNC1. The molecule has 82 valence electrons. The zero-order valence-corrected chi connectivity index (χ0v) is 9.08. The van der Waals surface area contributed by atoms with Gasteiger partial charge in [0.1, 0.15) is 6.61 Å². The predicted octanol–water partition coefficient (Wildman–Crippen LogP) is 0.233. The summed E-state index contributed by atoms with van der Waals surface area (Å²) < 4.78 is 5.50. The minimum Gasteiger partial charge on any atom is -0.367 e. The molecule has 1 heterocycles. The fourth-order valence-electron chi connectivity index (χ4n) is 1.63. The van der Waals surface area contributed by atoms with Crippen LogP contribution in [0.15, 0.2) is 0 Å². The third-order valence-corrected chi connectivity index (χ3v) is 2.57. The second kappa shape index (κ2) is 5.98. The van der Waals surface area contributed by atoms with E-state index in [2.05, 4.69) is 5.32 Å². The lowest BCUT2D eigenvalue weighted by molar-refractivity contribution is -0.137. The molecule has 0 bridgehead atoms. The van der Waals surface area contributed by atoms with Crippen molar-refractivity contribution in [3.8, 4) is 0 Å². The molecule has 1 amide bonds. The average molecular weight is 200 g/mol. The van der Waals surface area contributed by atoms with Gasteiger partial charge in [-0.1, -0.05) is 0 Å². The molecule has 4 heteroatoms. The van der Waals surface area contributed by atoms with Crippen molar-refractivity contribution in [1.29, 1.82) is 0 Å². The summed E-state index contributed by atoms with van der Waals surface area (Å²) in [6.07, 6.45) is 1.25. The fourth-order valence-corrected chi connectivity index (χ4v) is 1.63. The van der Waals surface area contributed by atoms with Gasteiger partial charge in [-0.05, 0) is 26.8 Å². The second-order valence-electron chi connectivity index (χ2n) is 3.49. The first-order chi connectivity index (χ1) is 6.77. The highest BCUT2D eigenvalue weighted by Crippen LogP contribution is 2.03. The van der Waals surface area contributed by atoms with Gasteiger partial charge in [0.15, 0.2) is 0 Å². The summed E-state index contributed by atoms with van der Waals surface area (Å²) in [6, 6.07) is 0. The van der Waals surface area contributed by atoms with Crippen LogP contribution in [0.1, 0.15) is 20.3 Å². The first kappa shape index (κ1) is 11.5. The molecule has 14 heavy (non-hydrogen) atoms. The van der Waals surface area contributed by atoms with Crippen LogP contribution >= 0.6 is 0 Å². The number of rotatable bonds is 5. The molecule has 1 fully saturated rings. The number of ether oxygens (including phenoxy) is 1. The zero-order valence-electron chi connectivity index (χ0n) is 9.08. The van der Waals surface area contributed by atoms with E-state index in [0.29, 0.717) is 0 Å². The maximum atomic E-state index is 11.5. The maximum absolute atomic E-state index is 11.5. The molecule has 0 spiro atoms. The van der Waals surface area contributed by atoms with Crippen LogP contribution in [0.3, 0.4) is 0 Å². The van der Waals surface area contributed by atoms with Gasteiger partial charge in [-0.2, -0.15) is 0 Å². The van der Waals surface area contributed by atoms with E-state index in [1.807, 2.05) is 13.8 Å². The Morgan fingerprint density at radius 3 is 2.71 bits per heavy atom. The van der Waals surface area contributed by atoms with Crippen molar-refractivity contribution in [2.45, 2.75) is 26.4 Å². The molecule has 0 aromatic carbocycles. The highest BCUT2D eigenvalue weighted by Gasteiger charge is 2.17. The summed E-state index contributed by atoms with van der Waals surface area (Å²) in [4.78, 5) is 13.3. The summed E-state index contributed by atoms with van der Waals surface area (Å²) in [7, 11) is 0. The first-order valence-electron chi connectivity index (χ1n) is 5.38. The van der Waals surface area contributed by atoms with E-state index < -0.39 is 0 Å². The van der Waals surface area contributed by atoms with Crippen LogP contribution in [-0.4, -0.2) is 49.7 Å². The van der Waals surface area contributed by atoms with Gasteiger partial charge in [0, 0.05) is 19.6 Å². The Bertz CT molecular complexity index is 175. The summed E-state index contributed by atoms with van der Waals surface area (Å²) >= 11 is 0. The molecule has 1 atom stereocenters. The lowest BCUT2D eigenvalue weighted by Gasteiger charge is -2.19. The summed E-state index contributed by atoms with van der Waals surface area (Å²) in [5.41, 5.74) is 0. The van der Waals surface area contributed by atoms with Gasteiger partial charge in [-0.3, -0.25) is 4.79 Å². The Morgan fingerprint density at radius 1 is 1.50 bits per heavy atom. The van der Waals surface area contributed by atoms with Crippen LogP contribution in [0, 0.1) is 0 Å². The van der Waals surface area contributed by atoms with Gasteiger partial charge in [0.25, 0.3) is 0 Å². The molecular formula is C10H20N2O2. The van der Waals surface area contributed by atoms with Crippen molar-refractivity contribution in [3.05, 3.63) is 0 Å². The van der Waals surface area contributed by atoms with E-state index >= 15 is 0 Å². The van der Waals surface area contributed by atoms with Crippen molar-refractivity contribution in [2.24, 2.45) is 0 Å². The zero-order chi connectivity index (χ0) is 10.4. The number of carbonyl (C=O) groups is 1. The van der Waals surface area contributed by atoms with Crippen molar-refractivity contribution >= 4 is 5.91 Å². The van der Waals surface area contributed by atoms with Gasteiger partial charge >= 0.3 is 0 Å². The normalized spacial score (nSPS) is 21.1. The molecule has 1 aliphatic rings. The Balaban J connectivity index is 2.18. The Kier molecular flexibility index (Phi) is 4.90. The monoisotopic (exact) mass is 200 g/mol. The van der Waals surface area contributed by atoms with Crippen LogP contribution in [0.2, 0.25) is 0 Å². The summed E-state index contributed by atoms with van der Waals surface area (Å²) in [6.45, 7) is 7.62. The number of hydrogen-bond acceptors (Lipinski definition) is 3. The summed E-state index contributed by atoms with van der Waals surface area (Å²) in [5, 5.41) is 3.20. The smallest absolute Gasteiger partial charge is 0.248 e. The number of nitrogens with one attached hydrogen (secondary N) is 1. The van der Waals surface area contributed by atoms with E-state index in [4.69, 9.17) is 4.74 Å². The van der Waals surface area contributed by atoms with Gasteiger partial charge in [0.05, 0.1) is 6.10 Å². The van der Waals surface area contributed by atoms with Crippen molar-refractivity contribution in [2.75, 3.05) is 32.8 Å². The minimum absolute atomic E-state index is 0.0990. The molecule has 0 saturated carbocycles. The van der Waals surface area contributed by atoms with Crippen LogP contribution in [-0.2, 0) is 9.53 Å². The Labute approximate surface area is 85.6 Å². The summed E-state index contributed by atoms with van der Waals surface area (Å²) in [5.74, 6) is 0.0990. The molecule has 1 unspecified atom stereocenters. The van der Waals surface area contributed by atoms with E-state index in [-0.39, 0.29) is 18.6 Å². The largest absolute Gasteiger partial charge is 0.367 e.